The molecule has 2 aromatic heterocycles. The zero-order valence-electron chi connectivity index (χ0n) is 14.0. The van der Waals surface area contributed by atoms with E-state index < -0.39 is 12.5 Å². The Morgan fingerprint density at radius 3 is 2.83 bits per heavy atom. The largest absolute Gasteiger partial charge is 0.327 e. The van der Waals surface area contributed by atoms with Gasteiger partial charge in [0, 0.05) is 31.4 Å². The molecule has 0 spiro atoms. The van der Waals surface area contributed by atoms with E-state index in [0.717, 1.165) is 0 Å². The summed E-state index contributed by atoms with van der Waals surface area (Å²) in [5.41, 5.74) is 1.66. The predicted molar refractivity (Wildman–Crippen MR) is 86.3 cm³/mol. The molecule has 130 valence electrons. The molecule has 1 fully saturated rings. The maximum atomic E-state index is 13.3. The minimum Gasteiger partial charge on any atom is -0.327 e. The van der Waals surface area contributed by atoms with Crippen LogP contribution in [0.2, 0.25) is 0 Å². The first kappa shape index (κ1) is 16.8. The van der Waals surface area contributed by atoms with Crippen LogP contribution in [0, 0.1) is 6.92 Å². The number of pyridine rings is 1. The van der Waals surface area contributed by atoms with Crippen molar-refractivity contribution in [2.24, 2.45) is 0 Å². The molecule has 24 heavy (non-hydrogen) atoms. The second-order valence-corrected chi connectivity index (χ2v) is 6.34. The quantitative estimate of drug-likeness (QED) is 0.930. The second kappa shape index (κ2) is 6.43. The highest BCUT2D eigenvalue weighted by Crippen LogP contribution is 2.24. The minimum atomic E-state index is -2.58. The first-order chi connectivity index (χ1) is 11.4. The number of carbonyl (C=O) groups excluding carboxylic acids is 1. The van der Waals surface area contributed by atoms with E-state index in [1.54, 1.807) is 23.9 Å². The maximum absolute atomic E-state index is 13.3. The lowest BCUT2D eigenvalue weighted by atomic mass is 10.1. The van der Waals surface area contributed by atoms with Gasteiger partial charge in [0.15, 0.2) is 5.65 Å². The van der Waals surface area contributed by atoms with Gasteiger partial charge in [0.05, 0.1) is 17.1 Å². The Balaban J connectivity index is 2.06. The number of rotatable bonds is 3. The van der Waals surface area contributed by atoms with E-state index in [9.17, 15) is 13.6 Å². The standard InChI is InChI=1S/C16H21F2N5O/c1-9(2)23-15-12(7-20-23)11(6-10(3)21-15)16(24)22-5-4-19-8-13(22)14(17)18/h6-7,9,13-14,19H,4-5,8H2,1-3H3. The first-order valence-corrected chi connectivity index (χ1v) is 8.05. The van der Waals surface area contributed by atoms with Crippen LogP contribution >= 0.6 is 0 Å². The zero-order chi connectivity index (χ0) is 17.4. The molecule has 1 saturated heterocycles. The summed E-state index contributed by atoms with van der Waals surface area (Å²) in [5, 5.41) is 7.82. The summed E-state index contributed by atoms with van der Waals surface area (Å²) in [6.45, 7) is 6.60. The summed E-state index contributed by atoms with van der Waals surface area (Å²) in [4.78, 5) is 18.7. The molecule has 3 heterocycles. The number of aromatic nitrogens is 3. The van der Waals surface area contributed by atoms with Crippen molar-refractivity contribution < 1.29 is 13.6 Å². The van der Waals surface area contributed by atoms with Crippen LogP contribution in [0.5, 0.6) is 0 Å². The number of hydrogen-bond acceptors (Lipinski definition) is 4. The number of alkyl halides is 2. The smallest absolute Gasteiger partial charge is 0.259 e. The number of hydrogen-bond donors (Lipinski definition) is 1. The molecule has 0 aromatic carbocycles. The normalized spacial score (nSPS) is 18.8. The fourth-order valence-corrected chi connectivity index (χ4v) is 3.06. The minimum absolute atomic E-state index is 0.0905. The van der Waals surface area contributed by atoms with Crippen LogP contribution in [-0.2, 0) is 0 Å². The van der Waals surface area contributed by atoms with E-state index in [1.165, 1.54) is 4.90 Å². The lowest BCUT2D eigenvalue weighted by Crippen LogP contribution is -2.56. The Hall–Kier alpha value is -2.09. The average molecular weight is 337 g/mol. The van der Waals surface area contributed by atoms with Crippen LogP contribution in [-0.4, -0.2) is 57.7 Å². The molecule has 1 amide bonds. The Morgan fingerprint density at radius 2 is 2.17 bits per heavy atom. The summed E-state index contributed by atoms with van der Waals surface area (Å²) in [6, 6.07) is 0.629. The second-order valence-electron chi connectivity index (χ2n) is 6.34. The summed E-state index contributed by atoms with van der Waals surface area (Å²) in [7, 11) is 0. The number of nitrogens with one attached hydrogen (secondary N) is 1. The monoisotopic (exact) mass is 337 g/mol. The molecule has 1 aliphatic rings. The van der Waals surface area contributed by atoms with E-state index in [0.29, 0.717) is 28.8 Å². The topological polar surface area (TPSA) is 63.1 Å². The van der Waals surface area contributed by atoms with Crippen molar-refractivity contribution in [3.63, 3.8) is 0 Å². The highest BCUT2D eigenvalue weighted by molar-refractivity contribution is 6.05. The van der Waals surface area contributed by atoms with E-state index >= 15 is 0 Å². The molecule has 1 N–H and O–H groups in total. The van der Waals surface area contributed by atoms with E-state index in [1.807, 2.05) is 13.8 Å². The Morgan fingerprint density at radius 1 is 1.42 bits per heavy atom. The number of nitrogens with zero attached hydrogens (tertiary/aromatic N) is 4. The fourth-order valence-electron chi connectivity index (χ4n) is 3.06. The number of fused-ring (bicyclic) bond motifs is 1. The third kappa shape index (κ3) is 2.86. The first-order valence-electron chi connectivity index (χ1n) is 8.05. The lowest BCUT2D eigenvalue weighted by Gasteiger charge is -2.35. The molecule has 0 bridgehead atoms. The maximum Gasteiger partial charge on any atom is 0.259 e. The number of carbonyl (C=O) groups is 1. The van der Waals surface area contributed by atoms with E-state index in [-0.39, 0.29) is 25.0 Å². The van der Waals surface area contributed by atoms with Gasteiger partial charge in [-0.2, -0.15) is 5.10 Å². The zero-order valence-corrected chi connectivity index (χ0v) is 14.0. The fraction of sp³-hybridized carbons (Fsp3) is 0.562. The molecule has 0 aliphatic carbocycles. The Bertz CT molecular complexity index is 758. The van der Waals surface area contributed by atoms with Crippen LogP contribution in [0.15, 0.2) is 12.3 Å². The highest BCUT2D eigenvalue weighted by atomic mass is 19.3. The summed E-state index contributed by atoms with van der Waals surface area (Å²) >= 11 is 0. The molecule has 0 radical (unpaired) electrons. The van der Waals surface area contributed by atoms with Crippen LogP contribution in [0.25, 0.3) is 11.0 Å². The van der Waals surface area contributed by atoms with Gasteiger partial charge >= 0.3 is 0 Å². The van der Waals surface area contributed by atoms with Crippen molar-refractivity contribution in [1.29, 1.82) is 0 Å². The third-order valence-electron chi connectivity index (χ3n) is 4.25. The van der Waals surface area contributed by atoms with Crippen molar-refractivity contribution in [1.82, 2.24) is 25.0 Å². The molecule has 6 nitrogen and oxygen atoms in total. The van der Waals surface area contributed by atoms with E-state index in [4.69, 9.17) is 0 Å². The van der Waals surface area contributed by atoms with Crippen LogP contribution in [0.3, 0.4) is 0 Å². The SMILES string of the molecule is Cc1cc(C(=O)N2CCNCC2C(F)F)c2cnn(C(C)C)c2n1. The molecule has 1 atom stereocenters. The van der Waals surface area contributed by atoms with Gasteiger partial charge in [-0.3, -0.25) is 4.79 Å². The molecule has 3 rings (SSSR count). The van der Waals surface area contributed by atoms with Gasteiger partial charge < -0.3 is 10.2 Å². The van der Waals surface area contributed by atoms with Gasteiger partial charge in [0.25, 0.3) is 12.3 Å². The molecule has 2 aromatic rings. The molecule has 1 aliphatic heterocycles. The van der Waals surface area contributed by atoms with E-state index in [2.05, 4.69) is 15.4 Å². The van der Waals surface area contributed by atoms with Crippen molar-refractivity contribution in [3.8, 4) is 0 Å². The van der Waals surface area contributed by atoms with Crippen molar-refractivity contribution in [3.05, 3.63) is 23.5 Å². The molecule has 0 saturated carbocycles. The molecule has 8 heteroatoms. The average Bonchev–Trinajstić information content (AvgIpc) is 2.97. The van der Waals surface area contributed by atoms with Crippen molar-refractivity contribution in [2.45, 2.75) is 39.3 Å². The number of halogens is 2. The van der Waals surface area contributed by atoms with Gasteiger partial charge in [-0.25, -0.2) is 18.4 Å². The van der Waals surface area contributed by atoms with Gasteiger partial charge in [-0.05, 0) is 26.8 Å². The highest BCUT2D eigenvalue weighted by Gasteiger charge is 2.34. The molecule has 1 unspecified atom stereocenters. The summed E-state index contributed by atoms with van der Waals surface area (Å²) < 4.78 is 28.3. The van der Waals surface area contributed by atoms with Crippen LogP contribution < -0.4 is 5.32 Å². The Labute approximate surface area is 138 Å². The van der Waals surface area contributed by atoms with Gasteiger partial charge in [-0.15, -0.1) is 0 Å². The lowest BCUT2D eigenvalue weighted by molar-refractivity contribution is 0.0127. The predicted octanol–water partition coefficient (Wildman–Crippen LogP) is 2.00. The molecular weight excluding hydrogens is 316 g/mol. The summed E-state index contributed by atoms with van der Waals surface area (Å²) in [5.74, 6) is -0.388. The van der Waals surface area contributed by atoms with Crippen LogP contribution in [0.1, 0.15) is 35.9 Å². The van der Waals surface area contributed by atoms with Crippen molar-refractivity contribution in [2.75, 3.05) is 19.6 Å². The Kier molecular flexibility index (Phi) is 4.49. The number of piperazine rings is 1. The van der Waals surface area contributed by atoms with Gasteiger partial charge in [0.2, 0.25) is 0 Å². The van der Waals surface area contributed by atoms with Crippen LogP contribution in [0.4, 0.5) is 8.78 Å². The molecular formula is C16H21F2N5O. The van der Waals surface area contributed by atoms with Crippen molar-refractivity contribution >= 4 is 16.9 Å². The number of amides is 1. The third-order valence-corrected chi connectivity index (χ3v) is 4.25. The summed E-state index contributed by atoms with van der Waals surface area (Å²) in [6.07, 6.45) is -0.993. The number of aryl methyl sites for hydroxylation is 1. The van der Waals surface area contributed by atoms with Gasteiger partial charge in [0.1, 0.15) is 6.04 Å². The van der Waals surface area contributed by atoms with Gasteiger partial charge in [-0.1, -0.05) is 0 Å².